The molecule has 266 valence electrons. The van der Waals surface area contributed by atoms with E-state index in [1.54, 1.807) is 0 Å². The molecule has 0 aliphatic carbocycles. The van der Waals surface area contributed by atoms with Gasteiger partial charge in [-0.15, -0.1) is 0 Å². The third kappa shape index (κ3) is 37.2. The Hall–Kier alpha value is -1.13. The SMILES string of the molecule is CCCCC/C=C\C/C=C\CCCCCCCCOCC(CO)OC(=O)CCCCCCCCCCCCCCCCCCC. The molecule has 4 nitrogen and oxygen atoms in total. The molecule has 45 heavy (non-hydrogen) atoms. The van der Waals surface area contributed by atoms with Crippen LogP contribution in [0.15, 0.2) is 24.3 Å². The molecule has 0 aromatic heterocycles. The van der Waals surface area contributed by atoms with E-state index in [1.807, 2.05) is 0 Å². The molecule has 0 rings (SSSR count). The standard InChI is InChI=1S/C41H78O4/c1-3-5-7-9-11-13-15-17-19-21-22-24-26-28-30-32-34-36-41(43)45-40(38-42)39-44-37-35-33-31-29-27-25-23-20-18-16-14-12-10-8-6-4-2/h12,14,18,20,40,42H,3-11,13,15-17,19,21-39H2,1-2H3/b14-12-,20-18-. The Morgan fingerprint density at radius 3 is 1.42 bits per heavy atom. The third-order valence-electron chi connectivity index (χ3n) is 8.78. The number of unbranched alkanes of at least 4 members (excludes halogenated alkanes) is 25. The molecule has 0 amide bonds. The molecule has 0 aliphatic heterocycles. The minimum atomic E-state index is -0.534. The minimum Gasteiger partial charge on any atom is -0.457 e. The number of aliphatic hydroxyl groups excluding tert-OH is 1. The largest absolute Gasteiger partial charge is 0.457 e. The molecule has 4 heteroatoms. The van der Waals surface area contributed by atoms with Crippen molar-refractivity contribution in [2.75, 3.05) is 19.8 Å². The number of hydrogen-bond donors (Lipinski definition) is 1. The van der Waals surface area contributed by atoms with Crippen molar-refractivity contribution >= 4 is 5.97 Å². The number of aliphatic hydroxyl groups is 1. The van der Waals surface area contributed by atoms with E-state index < -0.39 is 6.10 Å². The molecule has 0 bridgehead atoms. The number of carbonyl (C=O) groups is 1. The molecule has 0 aromatic rings. The van der Waals surface area contributed by atoms with Gasteiger partial charge in [0, 0.05) is 13.0 Å². The summed E-state index contributed by atoms with van der Waals surface area (Å²) in [5.74, 6) is -0.202. The van der Waals surface area contributed by atoms with Crippen LogP contribution in [0.2, 0.25) is 0 Å². The second-order valence-electron chi connectivity index (χ2n) is 13.4. The quantitative estimate of drug-likeness (QED) is 0.0420. The lowest BCUT2D eigenvalue weighted by Crippen LogP contribution is -2.27. The summed E-state index contributed by atoms with van der Waals surface area (Å²) in [6.45, 7) is 5.32. The number of hydrogen-bond acceptors (Lipinski definition) is 4. The van der Waals surface area contributed by atoms with E-state index >= 15 is 0 Å². The molecule has 0 saturated heterocycles. The molecule has 1 unspecified atom stereocenters. The van der Waals surface area contributed by atoms with E-state index in [2.05, 4.69) is 38.2 Å². The van der Waals surface area contributed by atoms with E-state index in [0.717, 1.165) is 25.7 Å². The predicted molar refractivity (Wildman–Crippen MR) is 196 cm³/mol. The summed E-state index contributed by atoms with van der Waals surface area (Å²) in [6.07, 6.45) is 46.5. The fraction of sp³-hybridized carbons (Fsp3) is 0.878. The molecule has 0 fully saturated rings. The zero-order chi connectivity index (χ0) is 32.7. The molecule has 0 radical (unpaired) electrons. The first kappa shape index (κ1) is 43.9. The van der Waals surface area contributed by atoms with Crippen LogP contribution in [0.4, 0.5) is 0 Å². The predicted octanol–water partition coefficient (Wildman–Crippen LogP) is 12.8. The van der Waals surface area contributed by atoms with Crippen LogP contribution in [0.1, 0.15) is 206 Å². The zero-order valence-corrected chi connectivity index (χ0v) is 30.4. The monoisotopic (exact) mass is 635 g/mol. The van der Waals surface area contributed by atoms with Crippen molar-refractivity contribution in [2.24, 2.45) is 0 Å². The van der Waals surface area contributed by atoms with Crippen LogP contribution < -0.4 is 0 Å². The molecule has 1 atom stereocenters. The van der Waals surface area contributed by atoms with Gasteiger partial charge in [-0.05, 0) is 44.9 Å². The number of ether oxygens (including phenoxy) is 2. The molecule has 0 aliphatic rings. The van der Waals surface area contributed by atoms with Gasteiger partial charge in [-0.1, -0.05) is 179 Å². The average molecular weight is 635 g/mol. The molecular formula is C41H78O4. The lowest BCUT2D eigenvalue weighted by Gasteiger charge is -2.15. The van der Waals surface area contributed by atoms with Crippen LogP contribution in [0, 0.1) is 0 Å². The Labute approximate surface area is 281 Å². The van der Waals surface area contributed by atoms with Gasteiger partial charge in [-0.25, -0.2) is 0 Å². The van der Waals surface area contributed by atoms with Crippen molar-refractivity contribution in [3.8, 4) is 0 Å². The molecular weight excluding hydrogens is 556 g/mol. The second kappa shape index (κ2) is 39.1. The Kier molecular flexibility index (Phi) is 38.1. The van der Waals surface area contributed by atoms with E-state index in [0.29, 0.717) is 19.6 Å². The zero-order valence-electron chi connectivity index (χ0n) is 30.4. The maximum atomic E-state index is 12.2. The third-order valence-corrected chi connectivity index (χ3v) is 8.78. The van der Waals surface area contributed by atoms with Crippen molar-refractivity contribution in [3.63, 3.8) is 0 Å². The van der Waals surface area contributed by atoms with Gasteiger partial charge in [0.25, 0.3) is 0 Å². The van der Waals surface area contributed by atoms with Crippen LogP contribution in [0.3, 0.4) is 0 Å². The van der Waals surface area contributed by atoms with Crippen LogP contribution in [-0.2, 0) is 14.3 Å². The van der Waals surface area contributed by atoms with Gasteiger partial charge in [-0.3, -0.25) is 4.79 Å². The lowest BCUT2D eigenvalue weighted by molar-refractivity contribution is -0.154. The summed E-state index contributed by atoms with van der Waals surface area (Å²) >= 11 is 0. The van der Waals surface area contributed by atoms with Crippen molar-refractivity contribution in [3.05, 3.63) is 24.3 Å². The fourth-order valence-corrected chi connectivity index (χ4v) is 5.77. The summed E-state index contributed by atoms with van der Waals surface area (Å²) in [6, 6.07) is 0. The maximum absolute atomic E-state index is 12.2. The van der Waals surface area contributed by atoms with E-state index in [-0.39, 0.29) is 12.6 Å². The van der Waals surface area contributed by atoms with Gasteiger partial charge >= 0.3 is 5.97 Å². The number of rotatable bonds is 37. The van der Waals surface area contributed by atoms with Gasteiger partial charge in [0.1, 0.15) is 6.10 Å². The van der Waals surface area contributed by atoms with Gasteiger partial charge < -0.3 is 14.6 Å². The highest BCUT2D eigenvalue weighted by Crippen LogP contribution is 2.15. The average Bonchev–Trinajstić information content (AvgIpc) is 3.05. The molecule has 0 aromatic carbocycles. The maximum Gasteiger partial charge on any atom is 0.306 e. The van der Waals surface area contributed by atoms with E-state index in [1.165, 1.54) is 161 Å². The first-order chi connectivity index (χ1) is 22.2. The van der Waals surface area contributed by atoms with Crippen LogP contribution in [0.25, 0.3) is 0 Å². The summed E-state index contributed by atoms with van der Waals surface area (Å²) in [5.41, 5.74) is 0. The second-order valence-corrected chi connectivity index (χ2v) is 13.4. The molecule has 0 saturated carbocycles. The molecule has 1 N–H and O–H groups in total. The van der Waals surface area contributed by atoms with Crippen LogP contribution >= 0.6 is 0 Å². The van der Waals surface area contributed by atoms with Gasteiger partial charge in [-0.2, -0.15) is 0 Å². The lowest BCUT2D eigenvalue weighted by atomic mass is 10.0. The number of esters is 1. The smallest absolute Gasteiger partial charge is 0.306 e. The summed E-state index contributed by atoms with van der Waals surface area (Å²) in [5, 5.41) is 9.57. The normalized spacial score (nSPS) is 12.5. The summed E-state index contributed by atoms with van der Waals surface area (Å²) < 4.78 is 11.1. The van der Waals surface area contributed by atoms with Gasteiger partial charge in [0.2, 0.25) is 0 Å². The first-order valence-electron chi connectivity index (χ1n) is 19.9. The van der Waals surface area contributed by atoms with Crippen molar-refractivity contribution in [2.45, 2.75) is 213 Å². The topological polar surface area (TPSA) is 55.8 Å². The number of carbonyl (C=O) groups excluding carboxylic acids is 1. The van der Waals surface area contributed by atoms with Crippen molar-refractivity contribution in [1.29, 1.82) is 0 Å². The fourth-order valence-electron chi connectivity index (χ4n) is 5.77. The van der Waals surface area contributed by atoms with E-state index in [9.17, 15) is 9.90 Å². The van der Waals surface area contributed by atoms with Crippen molar-refractivity contribution < 1.29 is 19.4 Å². The number of allylic oxidation sites excluding steroid dienone is 4. The Morgan fingerprint density at radius 1 is 0.533 bits per heavy atom. The Bertz CT molecular complexity index is 629. The van der Waals surface area contributed by atoms with E-state index in [4.69, 9.17) is 9.47 Å². The van der Waals surface area contributed by atoms with Gasteiger partial charge in [0.15, 0.2) is 0 Å². The highest BCUT2D eigenvalue weighted by molar-refractivity contribution is 5.69. The molecule has 0 spiro atoms. The highest BCUT2D eigenvalue weighted by Gasteiger charge is 2.13. The highest BCUT2D eigenvalue weighted by atomic mass is 16.6. The van der Waals surface area contributed by atoms with Gasteiger partial charge in [0.05, 0.1) is 13.2 Å². The van der Waals surface area contributed by atoms with Crippen LogP contribution in [0.5, 0.6) is 0 Å². The Morgan fingerprint density at radius 2 is 0.933 bits per heavy atom. The first-order valence-corrected chi connectivity index (χ1v) is 19.9. The van der Waals surface area contributed by atoms with Crippen molar-refractivity contribution in [1.82, 2.24) is 0 Å². The Balaban J connectivity index is 3.42. The molecule has 0 heterocycles. The minimum absolute atomic E-state index is 0.172. The van der Waals surface area contributed by atoms with Crippen LogP contribution in [-0.4, -0.2) is 37.0 Å². The summed E-state index contributed by atoms with van der Waals surface area (Å²) in [7, 11) is 0. The summed E-state index contributed by atoms with van der Waals surface area (Å²) in [4.78, 5) is 12.2.